The molecule has 0 unspecified atom stereocenters. The van der Waals surface area contributed by atoms with Gasteiger partial charge in [-0.15, -0.1) is 0 Å². The molecule has 0 amide bonds. The Bertz CT molecular complexity index is 1280. The van der Waals surface area contributed by atoms with Gasteiger partial charge in [0.1, 0.15) is 11.5 Å². The summed E-state index contributed by atoms with van der Waals surface area (Å²) in [5.41, 5.74) is 4.64. The smallest absolute Gasteiger partial charge is 0.512 e. The SMILES string of the molecule is CCCCCCCCC1(CCCCCCCC)c2cc(OB(O)O)ccc2-c2c1cc(OB(OC)OC)c1ccccc21. The van der Waals surface area contributed by atoms with E-state index in [-0.39, 0.29) is 5.41 Å². The van der Waals surface area contributed by atoms with Crippen LogP contribution in [0.1, 0.15) is 115 Å². The van der Waals surface area contributed by atoms with Crippen LogP contribution in [0.15, 0.2) is 48.5 Å². The lowest BCUT2D eigenvalue weighted by Crippen LogP contribution is -2.28. The first kappa shape index (κ1) is 33.4. The van der Waals surface area contributed by atoms with Crippen LogP contribution in [0.25, 0.3) is 21.9 Å². The van der Waals surface area contributed by atoms with Crippen molar-refractivity contribution in [3.05, 3.63) is 59.7 Å². The van der Waals surface area contributed by atoms with Gasteiger partial charge in [-0.05, 0) is 58.7 Å². The van der Waals surface area contributed by atoms with Gasteiger partial charge in [0, 0.05) is 25.0 Å². The Balaban J connectivity index is 1.85. The van der Waals surface area contributed by atoms with E-state index in [0.29, 0.717) is 5.75 Å². The van der Waals surface area contributed by atoms with Crippen molar-refractivity contribution in [1.82, 2.24) is 0 Å². The zero-order chi connectivity index (χ0) is 30.7. The standard InChI is InChI=1S/C35H50B2O6/c1-5-7-9-11-13-17-23-35(24-18-14-12-10-8-6-2)31-25-27(42-36(38)39)21-22-30(31)34-29-20-16-15-19-28(29)33(26-32(34)35)43-37(40-3)41-4/h15-16,19-22,25-26,38-39H,5-14,17-18,23-24H2,1-4H3. The summed E-state index contributed by atoms with van der Waals surface area (Å²) in [5, 5.41) is 21.4. The van der Waals surface area contributed by atoms with Crippen molar-refractivity contribution in [2.75, 3.05) is 14.2 Å². The monoisotopic (exact) mass is 588 g/mol. The van der Waals surface area contributed by atoms with Crippen LogP contribution in [-0.4, -0.2) is 38.9 Å². The van der Waals surface area contributed by atoms with E-state index in [2.05, 4.69) is 44.2 Å². The summed E-state index contributed by atoms with van der Waals surface area (Å²) in [6.45, 7) is 4.51. The molecule has 3 aromatic carbocycles. The van der Waals surface area contributed by atoms with Gasteiger partial charge in [-0.3, -0.25) is 0 Å². The molecule has 232 valence electrons. The molecule has 0 heterocycles. The Morgan fingerprint density at radius 1 is 0.651 bits per heavy atom. The maximum Gasteiger partial charge on any atom is 0.712 e. The Kier molecular flexibility index (Phi) is 12.8. The second-order valence-corrected chi connectivity index (χ2v) is 12.0. The fourth-order valence-corrected chi connectivity index (χ4v) is 6.96. The van der Waals surface area contributed by atoms with Crippen LogP contribution in [0.3, 0.4) is 0 Å². The van der Waals surface area contributed by atoms with Crippen molar-refractivity contribution in [2.24, 2.45) is 0 Å². The van der Waals surface area contributed by atoms with Crippen LogP contribution in [0.2, 0.25) is 0 Å². The molecule has 2 N–H and O–H groups in total. The summed E-state index contributed by atoms with van der Waals surface area (Å²) in [7, 11) is 0.480. The molecule has 0 aliphatic heterocycles. The molecule has 43 heavy (non-hydrogen) atoms. The molecule has 1 aliphatic carbocycles. The predicted octanol–water partition coefficient (Wildman–Crippen LogP) is 8.61. The summed E-state index contributed by atoms with van der Waals surface area (Å²) < 4.78 is 22.6. The van der Waals surface area contributed by atoms with Crippen LogP contribution < -0.4 is 9.31 Å². The molecule has 4 rings (SSSR count). The average Bonchev–Trinajstić information content (AvgIpc) is 3.27. The van der Waals surface area contributed by atoms with Gasteiger partial charge in [-0.25, -0.2) is 0 Å². The number of hydrogen-bond acceptors (Lipinski definition) is 6. The maximum atomic E-state index is 9.65. The van der Waals surface area contributed by atoms with E-state index < -0.39 is 14.6 Å². The topological polar surface area (TPSA) is 77.4 Å². The van der Waals surface area contributed by atoms with E-state index in [1.165, 1.54) is 86.5 Å². The van der Waals surface area contributed by atoms with Crippen LogP contribution >= 0.6 is 0 Å². The lowest BCUT2D eigenvalue weighted by molar-refractivity contribution is 0.202. The normalized spacial score (nSPS) is 13.2. The fourth-order valence-electron chi connectivity index (χ4n) is 6.96. The lowest BCUT2D eigenvalue weighted by atomic mass is 9.70. The Morgan fingerprint density at radius 2 is 1.23 bits per heavy atom. The minimum atomic E-state index is -1.87. The third-order valence-electron chi connectivity index (χ3n) is 9.06. The lowest BCUT2D eigenvalue weighted by Gasteiger charge is -2.33. The molecular weight excluding hydrogens is 538 g/mol. The van der Waals surface area contributed by atoms with Gasteiger partial charge >= 0.3 is 14.6 Å². The van der Waals surface area contributed by atoms with Gasteiger partial charge in [0.25, 0.3) is 0 Å². The molecule has 0 spiro atoms. The highest BCUT2D eigenvalue weighted by Gasteiger charge is 2.44. The van der Waals surface area contributed by atoms with Gasteiger partial charge < -0.3 is 28.7 Å². The minimum absolute atomic E-state index is 0.252. The van der Waals surface area contributed by atoms with Crippen molar-refractivity contribution >= 4 is 25.4 Å². The van der Waals surface area contributed by atoms with Crippen LogP contribution in [0, 0.1) is 0 Å². The number of fused-ring (bicyclic) bond motifs is 5. The first-order valence-electron chi connectivity index (χ1n) is 16.4. The number of hydrogen-bond donors (Lipinski definition) is 2. The maximum absolute atomic E-state index is 9.65. The van der Waals surface area contributed by atoms with Crippen molar-refractivity contribution in [1.29, 1.82) is 0 Å². The molecule has 8 heteroatoms. The Labute approximate surface area is 259 Å². The zero-order valence-corrected chi connectivity index (χ0v) is 26.7. The third-order valence-corrected chi connectivity index (χ3v) is 9.06. The highest BCUT2D eigenvalue weighted by atomic mass is 16.7. The zero-order valence-electron chi connectivity index (χ0n) is 26.7. The van der Waals surface area contributed by atoms with Crippen molar-refractivity contribution < 1.29 is 28.7 Å². The van der Waals surface area contributed by atoms with Gasteiger partial charge in [0.2, 0.25) is 0 Å². The molecule has 1 aliphatic rings. The highest BCUT2D eigenvalue weighted by Crippen LogP contribution is 2.58. The number of unbranched alkanes of at least 4 members (excludes halogenated alkanes) is 10. The summed E-state index contributed by atoms with van der Waals surface area (Å²) >= 11 is 0. The Morgan fingerprint density at radius 3 is 1.81 bits per heavy atom. The van der Waals surface area contributed by atoms with Gasteiger partial charge in [0.15, 0.2) is 0 Å². The Hall–Kier alpha value is -2.51. The molecule has 0 fully saturated rings. The predicted molar refractivity (Wildman–Crippen MR) is 177 cm³/mol. The number of benzene rings is 3. The second kappa shape index (κ2) is 16.5. The van der Waals surface area contributed by atoms with Crippen LogP contribution in [0.4, 0.5) is 0 Å². The number of rotatable bonds is 20. The van der Waals surface area contributed by atoms with Gasteiger partial charge in [-0.2, -0.15) is 0 Å². The molecule has 3 aromatic rings. The molecule has 0 atom stereocenters. The minimum Gasteiger partial charge on any atom is -0.512 e. The highest BCUT2D eigenvalue weighted by molar-refractivity contribution is 6.37. The molecule has 0 radical (unpaired) electrons. The summed E-state index contributed by atoms with van der Waals surface area (Å²) in [6, 6.07) is 16.6. The van der Waals surface area contributed by atoms with Crippen molar-refractivity contribution in [2.45, 2.75) is 109 Å². The molecular formula is C35H50B2O6. The molecule has 0 saturated heterocycles. The molecule has 6 nitrogen and oxygen atoms in total. The van der Waals surface area contributed by atoms with E-state index in [1.807, 2.05) is 18.2 Å². The van der Waals surface area contributed by atoms with Gasteiger partial charge in [-0.1, -0.05) is 121 Å². The van der Waals surface area contributed by atoms with E-state index in [1.54, 1.807) is 14.2 Å². The summed E-state index contributed by atoms with van der Waals surface area (Å²) in [6.07, 6.45) is 16.7. The fraction of sp³-hybridized carbons (Fsp3) is 0.543. The largest absolute Gasteiger partial charge is 0.712 e. The van der Waals surface area contributed by atoms with Crippen molar-refractivity contribution in [3.63, 3.8) is 0 Å². The first-order chi connectivity index (χ1) is 21.0. The van der Waals surface area contributed by atoms with E-state index >= 15 is 0 Å². The molecule has 0 bridgehead atoms. The van der Waals surface area contributed by atoms with E-state index in [4.69, 9.17) is 18.6 Å². The quantitative estimate of drug-likeness (QED) is 0.102. The van der Waals surface area contributed by atoms with Crippen LogP contribution in [0.5, 0.6) is 11.5 Å². The first-order valence-corrected chi connectivity index (χ1v) is 16.4. The molecule has 0 saturated carbocycles. The summed E-state index contributed by atoms with van der Waals surface area (Å²) in [5.74, 6) is 1.21. The summed E-state index contributed by atoms with van der Waals surface area (Å²) in [4.78, 5) is 0. The molecule has 0 aromatic heterocycles. The van der Waals surface area contributed by atoms with Crippen molar-refractivity contribution in [3.8, 4) is 22.6 Å². The van der Waals surface area contributed by atoms with Crippen LogP contribution in [-0.2, 0) is 14.7 Å². The van der Waals surface area contributed by atoms with Gasteiger partial charge in [0.05, 0.1) is 0 Å². The second-order valence-electron chi connectivity index (χ2n) is 12.0. The van der Waals surface area contributed by atoms with E-state index in [0.717, 1.165) is 42.2 Å². The average molecular weight is 588 g/mol. The van der Waals surface area contributed by atoms with E-state index in [9.17, 15) is 10.0 Å². The third kappa shape index (κ3) is 7.96.